The number of fused-ring (bicyclic) bond motifs is 3. The van der Waals surface area contributed by atoms with Crippen molar-refractivity contribution in [3.63, 3.8) is 0 Å². The lowest BCUT2D eigenvalue weighted by molar-refractivity contribution is -1.07. The van der Waals surface area contributed by atoms with Gasteiger partial charge in [0.05, 0.1) is 50.6 Å². The van der Waals surface area contributed by atoms with Gasteiger partial charge in [-0.1, -0.05) is 0 Å². The number of ether oxygens (including phenoxy) is 1. The van der Waals surface area contributed by atoms with E-state index < -0.39 is 5.82 Å². The van der Waals surface area contributed by atoms with Crippen molar-refractivity contribution in [1.82, 2.24) is 19.1 Å². The molecular weight excluding hydrogens is 437 g/mol. The third-order valence-corrected chi connectivity index (χ3v) is 6.15. The van der Waals surface area contributed by atoms with Crippen molar-refractivity contribution in [3.8, 4) is 17.0 Å². The minimum absolute atomic E-state index is 0.0540. The third-order valence-electron chi connectivity index (χ3n) is 6.15. The van der Waals surface area contributed by atoms with Crippen molar-refractivity contribution in [2.24, 2.45) is 7.05 Å². The largest absolute Gasteiger partial charge is 0.477 e. The molecular formula is C25H31FN5O3+. The highest BCUT2D eigenvalue weighted by molar-refractivity contribution is 6.04. The summed E-state index contributed by atoms with van der Waals surface area (Å²) in [6, 6.07) is 6.63. The van der Waals surface area contributed by atoms with Crippen molar-refractivity contribution in [2.75, 3.05) is 34.4 Å². The molecule has 0 radical (unpaired) electrons. The number of halogens is 1. The lowest BCUT2D eigenvalue weighted by atomic mass is 10.0. The van der Waals surface area contributed by atoms with Crippen LogP contribution < -0.4 is 10.4 Å². The Morgan fingerprint density at radius 3 is 2.56 bits per heavy atom. The predicted octanol–water partition coefficient (Wildman–Crippen LogP) is 4.08. The van der Waals surface area contributed by atoms with Crippen molar-refractivity contribution in [3.05, 3.63) is 53.0 Å². The molecule has 0 unspecified atom stereocenters. The minimum Gasteiger partial charge on any atom is -0.477 e. The summed E-state index contributed by atoms with van der Waals surface area (Å²) in [4.78, 5) is 26.9. The summed E-state index contributed by atoms with van der Waals surface area (Å²) in [6.07, 6.45) is 4.03. The van der Waals surface area contributed by atoms with E-state index in [-0.39, 0.29) is 11.7 Å². The van der Waals surface area contributed by atoms with Crippen LogP contribution in [0.2, 0.25) is 0 Å². The molecule has 0 spiro atoms. The van der Waals surface area contributed by atoms with Gasteiger partial charge in [-0.15, -0.1) is 0 Å². The summed E-state index contributed by atoms with van der Waals surface area (Å²) < 4.78 is 24.5. The zero-order valence-corrected chi connectivity index (χ0v) is 20.5. The fourth-order valence-corrected chi connectivity index (χ4v) is 4.09. The van der Waals surface area contributed by atoms with Gasteiger partial charge in [-0.2, -0.15) is 4.65 Å². The first-order valence-electron chi connectivity index (χ1n) is 11.3. The molecule has 4 rings (SSSR count). The van der Waals surface area contributed by atoms with Gasteiger partial charge in [-0.25, -0.2) is 19.0 Å². The molecule has 0 saturated carbocycles. The van der Waals surface area contributed by atoms with Crippen LogP contribution in [0.5, 0.6) is 5.88 Å². The first-order valence-corrected chi connectivity index (χ1v) is 11.3. The van der Waals surface area contributed by atoms with Crippen LogP contribution in [0.3, 0.4) is 0 Å². The Morgan fingerprint density at radius 2 is 1.91 bits per heavy atom. The molecule has 0 N–H and O–H groups in total. The summed E-state index contributed by atoms with van der Waals surface area (Å²) in [5.74, 6) is 0.0807. The molecule has 4 aromatic rings. The Kier molecular flexibility index (Phi) is 6.42. The molecule has 0 bridgehead atoms. The highest BCUT2D eigenvalue weighted by Gasteiger charge is 2.19. The Morgan fingerprint density at radius 1 is 1.15 bits per heavy atom. The van der Waals surface area contributed by atoms with E-state index >= 15 is 4.39 Å². The fourth-order valence-electron chi connectivity index (χ4n) is 4.09. The van der Waals surface area contributed by atoms with Gasteiger partial charge in [0.1, 0.15) is 12.4 Å². The van der Waals surface area contributed by atoms with Gasteiger partial charge in [0.25, 0.3) is 0 Å². The molecule has 9 heteroatoms. The van der Waals surface area contributed by atoms with E-state index in [2.05, 4.69) is 9.97 Å². The van der Waals surface area contributed by atoms with Crippen molar-refractivity contribution in [1.29, 1.82) is 0 Å². The lowest BCUT2D eigenvalue weighted by Crippen LogP contribution is -2.39. The Labute approximate surface area is 197 Å². The first-order chi connectivity index (χ1) is 16.1. The molecule has 34 heavy (non-hydrogen) atoms. The average Bonchev–Trinajstić information content (AvgIpc) is 3.07. The Hall–Kier alpha value is -3.30. The molecule has 0 atom stereocenters. The van der Waals surface area contributed by atoms with Gasteiger partial charge >= 0.3 is 5.69 Å². The maximum atomic E-state index is 15.1. The summed E-state index contributed by atoms with van der Waals surface area (Å²) in [5, 5.41) is 0.722. The van der Waals surface area contributed by atoms with Crippen LogP contribution in [-0.2, 0) is 11.9 Å². The number of nitrogens with zero attached hydrogens (tertiary/aromatic N) is 5. The normalized spacial score (nSPS) is 12.2. The molecule has 0 aliphatic rings. The van der Waals surface area contributed by atoms with Crippen molar-refractivity contribution < 1.29 is 18.6 Å². The maximum absolute atomic E-state index is 15.1. The summed E-state index contributed by atoms with van der Waals surface area (Å²) in [5.41, 5.74) is 2.85. The SMILES string of the molecule is CO[N+](C)(C)CCCOc1ccc(-c2cc3c(cc2F)ncc2c3n(C(C)C)c(=O)n2C)cn1. The monoisotopic (exact) mass is 468 g/mol. The van der Waals surface area contributed by atoms with E-state index in [9.17, 15) is 4.79 Å². The van der Waals surface area contributed by atoms with E-state index in [1.807, 2.05) is 27.9 Å². The van der Waals surface area contributed by atoms with Crippen LogP contribution in [0.4, 0.5) is 4.39 Å². The topological polar surface area (TPSA) is 71.2 Å². The second kappa shape index (κ2) is 9.15. The number of pyridine rings is 2. The van der Waals surface area contributed by atoms with Gasteiger partial charge in [-0.3, -0.25) is 14.1 Å². The Balaban J connectivity index is 1.67. The number of imidazole rings is 1. The molecule has 0 fully saturated rings. The molecule has 0 aliphatic carbocycles. The van der Waals surface area contributed by atoms with Crippen molar-refractivity contribution >= 4 is 21.9 Å². The second-order valence-electron chi connectivity index (χ2n) is 9.21. The van der Waals surface area contributed by atoms with E-state index in [0.29, 0.717) is 39.3 Å². The second-order valence-corrected chi connectivity index (χ2v) is 9.21. The third kappa shape index (κ3) is 4.41. The van der Waals surface area contributed by atoms with Crippen LogP contribution in [0.15, 0.2) is 41.5 Å². The van der Waals surface area contributed by atoms with Gasteiger partial charge in [-0.05, 0) is 26.0 Å². The number of benzene rings is 1. The number of hydrogen-bond donors (Lipinski definition) is 0. The van der Waals surface area contributed by atoms with E-state index in [1.54, 1.807) is 53.9 Å². The summed E-state index contributed by atoms with van der Waals surface area (Å²) >= 11 is 0. The first kappa shape index (κ1) is 23.8. The van der Waals surface area contributed by atoms with E-state index in [0.717, 1.165) is 23.9 Å². The van der Waals surface area contributed by atoms with E-state index in [1.165, 1.54) is 6.07 Å². The molecule has 1 aromatic carbocycles. The average molecular weight is 469 g/mol. The molecule has 3 heterocycles. The molecule has 0 saturated heterocycles. The standard InChI is InChI=1S/C25H31FN5O3/c1-16(2)30-24-19-12-18(20(26)13-21(19)27-15-22(24)29(3)25(30)32)17-8-9-23(28-14-17)34-11-7-10-31(4,5)33-6/h8-9,12-16H,7,10-11H2,1-6H3/q+1. The van der Waals surface area contributed by atoms with Crippen LogP contribution in [0.25, 0.3) is 33.1 Å². The molecule has 0 amide bonds. The number of quaternary nitrogens is 1. The summed E-state index contributed by atoms with van der Waals surface area (Å²) in [6.45, 7) is 5.22. The molecule has 3 aromatic heterocycles. The highest BCUT2D eigenvalue weighted by Crippen LogP contribution is 2.32. The predicted molar refractivity (Wildman–Crippen MR) is 130 cm³/mol. The van der Waals surface area contributed by atoms with Gasteiger partial charge in [0, 0.05) is 54.4 Å². The number of rotatable bonds is 8. The lowest BCUT2D eigenvalue weighted by Gasteiger charge is -2.24. The molecule has 8 nitrogen and oxygen atoms in total. The van der Waals surface area contributed by atoms with E-state index in [4.69, 9.17) is 9.57 Å². The van der Waals surface area contributed by atoms with Crippen molar-refractivity contribution in [2.45, 2.75) is 26.3 Å². The molecule has 180 valence electrons. The molecule has 0 aliphatic heterocycles. The number of aryl methyl sites for hydroxylation is 1. The van der Waals surface area contributed by atoms with Crippen LogP contribution >= 0.6 is 0 Å². The fraction of sp³-hybridized carbons (Fsp3) is 0.400. The summed E-state index contributed by atoms with van der Waals surface area (Å²) in [7, 11) is 7.35. The van der Waals surface area contributed by atoms with Crippen LogP contribution in [0.1, 0.15) is 26.3 Å². The highest BCUT2D eigenvalue weighted by atomic mass is 19.1. The zero-order chi connectivity index (χ0) is 24.6. The van der Waals surface area contributed by atoms with Gasteiger partial charge in [0.2, 0.25) is 5.88 Å². The van der Waals surface area contributed by atoms with Crippen LogP contribution in [0, 0.1) is 5.82 Å². The number of aromatic nitrogens is 4. The quantitative estimate of drug-likeness (QED) is 0.221. The van der Waals surface area contributed by atoms with Crippen LogP contribution in [-0.4, -0.2) is 58.1 Å². The Bertz CT molecular complexity index is 1390. The maximum Gasteiger partial charge on any atom is 0.329 e. The number of hydrogen-bond acceptors (Lipinski definition) is 5. The smallest absolute Gasteiger partial charge is 0.329 e. The van der Waals surface area contributed by atoms with Gasteiger partial charge < -0.3 is 4.74 Å². The number of hydroxylamine groups is 3. The minimum atomic E-state index is -0.399. The zero-order valence-electron chi connectivity index (χ0n) is 20.5. The van der Waals surface area contributed by atoms with Gasteiger partial charge in [0.15, 0.2) is 0 Å².